The Balaban J connectivity index is 2.19. The van der Waals surface area contributed by atoms with Gasteiger partial charge in [-0.05, 0) is 24.3 Å². The zero-order chi connectivity index (χ0) is 13.4. The SMILES string of the molecule is COc1ccc(-c2n[nH]c3c(N)cccc23)cc1Cl. The van der Waals surface area contributed by atoms with Crippen molar-refractivity contribution in [3.63, 3.8) is 0 Å². The first-order valence-electron chi connectivity index (χ1n) is 5.77. The van der Waals surface area contributed by atoms with E-state index in [4.69, 9.17) is 22.1 Å². The van der Waals surface area contributed by atoms with Gasteiger partial charge < -0.3 is 10.5 Å². The maximum atomic E-state index is 6.14. The van der Waals surface area contributed by atoms with Crippen molar-refractivity contribution in [3.8, 4) is 17.0 Å². The van der Waals surface area contributed by atoms with Crippen LogP contribution in [-0.2, 0) is 0 Å². The molecule has 3 N–H and O–H groups in total. The van der Waals surface area contributed by atoms with E-state index in [2.05, 4.69) is 10.2 Å². The second-order valence-electron chi connectivity index (χ2n) is 4.19. The van der Waals surface area contributed by atoms with Crippen LogP contribution in [0.1, 0.15) is 0 Å². The van der Waals surface area contributed by atoms with Crippen molar-refractivity contribution in [2.75, 3.05) is 12.8 Å². The molecule has 0 bridgehead atoms. The number of nitrogen functional groups attached to an aromatic ring is 1. The highest BCUT2D eigenvalue weighted by molar-refractivity contribution is 6.32. The van der Waals surface area contributed by atoms with E-state index >= 15 is 0 Å². The summed E-state index contributed by atoms with van der Waals surface area (Å²) in [4.78, 5) is 0. The van der Waals surface area contributed by atoms with Gasteiger partial charge >= 0.3 is 0 Å². The minimum atomic E-state index is 0.556. The second-order valence-corrected chi connectivity index (χ2v) is 4.60. The highest BCUT2D eigenvalue weighted by atomic mass is 35.5. The Kier molecular flexibility index (Phi) is 2.80. The molecule has 0 aliphatic carbocycles. The van der Waals surface area contributed by atoms with E-state index in [1.54, 1.807) is 7.11 Å². The van der Waals surface area contributed by atoms with Gasteiger partial charge in [0.15, 0.2) is 0 Å². The molecule has 3 rings (SSSR count). The monoisotopic (exact) mass is 273 g/mol. The Morgan fingerprint density at radius 2 is 2.11 bits per heavy atom. The second kappa shape index (κ2) is 4.48. The molecular formula is C14H12ClN3O. The lowest BCUT2D eigenvalue weighted by Gasteiger charge is -2.04. The predicted molar refractivity (Wildman–Crippen MR) is 77.5 cm³/mol. The zero-order valence-electron chi connectivity index (χ0n) is 10.3. The third-order valence-electron chi connectivity index (χ3n) is 3.06. The molecule has 4 nitrogen and oxygen atoms in total. The number of benzene rings is 2. The summed E-state index contributed by atoms with van der Waals surface area (Å²) in [5.74, 6) is 0.643. The molecule has 0 atom stereocenters. The van der Waals surface area contributed by atoms with Crippen molar-refractivity contribution in [2.24, 2.45) is 0 Å². The Bertz CT molecular complexity index is 752. The van der Waals surface area contributed by atoms with E-state index in [0.717, 1.165) is 22.2 Å². The summed E-state index contributed by atoms with van der Waals surface area (Å²) in [5, 5.41) is 8.80. The average Bonchev–Trinajstić information content (AvgIpc) is 2.84. The van der Waals surface area contributed by atoms with Crippen molar-refractivity contribution in [2.45, 2.75) is 0 Å². The molecule has 19 heavy (non-hydrogen) atoms. The van der Waals surface area contributed by atoms with Gasteiger partial charge in [-0.25, -0.2) is 0 Å². The lowest BCUT2D eigenvalue weighted by atomic mass is 10.1. The molecule has 1 aromatic heterocycles. The number of anilines is 1. The number of rotatable bonds is 2. The van der Waals surface area contributed by atoms with Gasteiger partial charge in [0, 0.05) is 10.9 Å². The van der Waals surface area contributed by atoms with Crippen LogP contribution in [0.25, 0.3) is 22.2 Å². The van der Waals surface area contributed by atoms with Gasteiger partial charge in [0.25, 0.3) is 0 Å². The molecule has 0 radical (unpaired) electrons. The van der Waals surface area contributed by atoms with Gasteiger partial charge in [0.2, 0.25) is 0 Å². The van der Waals surface area contributed by atoms with Crippen molar-refractivity contribution in [1.82, 2.24) is 10.2 Å². The van der Waals surface area contributed by atoms with Gasteiger partial charge in [0.05, 0.1) is 23.3 Å². The normalized spacial score (nSPS) is 10.8. The highest BCUT2D eigenvalue weighted by Crippen LogP contribution is 2.33. The molecule has 0 spiro atoms. The number of aromatic amines is 1. The third-order valence-corrected chi connectivity index (χ3v) is 3.35. The van der Waals surface area contributed by atoms with Gasteiger partial charge in [-0.2, -0.15) is 5.10 Å². The summed E-state index contributed by atoms with van der Waals surface area (Å²) in [6.45, 7) is 0. The van der Waals surface area contributed by atoms with Crippen molar-refractivity contribution < 1.29 is 4.74 Å². The zero-order valence-corrected chi connectivity index (χ0v) is 11.0. The number of H-pyrrole nitrogens is 1. The van der Waals surface area contributed by atoms with Crippen LogP contribution < -0.4 is 10.5 Å². The summed E-state index contributed by atoms with van der Waals surface area (Å²) in [5.41, 5.74) is 9.16. The Labute approximate surface area is 115 Å². The third kappa shape index (κ3) is 1.90. The number of ether oxygens (including phenoxy) is 1. The molecule has 0 fully saturated rings. The molecule has 0 saturated carbocycles. The number of nitrogens with zero attached hydrogens (tertiary/aromatic N) is 1. The topological polar surface area (TPSA) is 63.9 Å². The summed E-state index contributed by atoms with van der Waals surface area (Å²) >= 11 is 6.14. The maximum Gasteiger partial charge on any atom is 0.137 e. The largest absolute Gasteiger partial charge is 0.495 e. The van der Waals surface area contributed by atoms with Crippen LogP contribution in [0.2, 0.25) is 5.02 Å². The van der Waals surface area contributed by atoms with Crippen LogP contribution in [0.4, 0.5) is 5.69 Å². The van der Waals surface area contributed by atoms with E-state index in [1.165, 1.54) is 0 Å². The quantitative estimate of drug-likeness (QED) is 0.703. The Hall–Kier alpha value is -2.20. The number of aromatic nitrogens is 2. The average molecular weight is 274 g/mol. The number of fused-ring (bicyclic) bond motifs is 1. The predicted octanol–water partition coefficient (Wildman–Crippen LogP) is 3.47. The van der Waals surface area contributed by atoms with Gasteiger partial charge in [0.1, 0.15) is 11.4 Å². The number of nitrogens with two attached hydrogens (primary N) is 1. The molecule has 0 saturated heterocycles. The Morgan fingerprint density at radius 1 is 1.26 bits per heavy atom. The number of halogens is 1. The first-order valence-corrected chi connectivity index (χ1v) is 6.15. The fourth-order valence-corrected chi connectivity index (χ4v) is 2.36. The smallest absolute Gasteiger partial charge is 0.137 e. The molecule has 0 amide bonds. The molecule has 0 aliphatic rings. The number of nitrogens with one attached hydrogen (secondary N) is 1. The van der Waals surface area contributed by atoms with E-state index < -0.39 is 0 Å². The van der Waals surface area contributed by atoms with E-state index in [-0.39, 0.29) is 0 Å². The number of methoxy groups -OCH3 is 1. The van der Waals surface area contributed by atoms with Crippen molar-refractivity contribution >= 4 is 28.2 Å². The lowest BCUT2D eigenvalue weighted by molar-refractivity contribution is 0.415. The molecular weight excluding hydrogens is 262 g/mol. The lowest BCUT2D eigenvalue weighted by Crippen LogP contribution is -1.86. The minimum absolute atomic E-state index is 0.556. The molecule has 0 aliphatic heterocycles. The van der Waals surface area contributed by atoms with Crippen LogP contribution in [0, 0.1) is 0 Å². The summed E-state index contributed by atoms with van der Waals surface area (Å²) in [6.07, 6.45) is 0. The van der Waals surface area contributed by atoms with Crippen LogP contribution in [0.15, 0.2) is 36.4 Å². The molecule has 96 valence electrons. The van der Waals surface area contributed by atoms with Crippen molar-refractivity contribution in [3.05, 3.63) is 41.4 Å². The van der Waals surface area contributed by atoms with Crippen molar-refractivity contribution in [1.29, 1.82) is 0 Å². The molecule has 0 unspecified atom stereocenters. The highest BCUT2D eigenvalue weighted by Gasteiger charge is 2.11. The molecule has 3 aromatic rings. The van der Waals surface area contributed by atoms with Crippen LogP contribution in [0.3, 0.4) is 0 Å². The summed E-state index contributed by atoms with van der Waals surface area (Å²) in [7, 11) is 1.59. The van der Waals surface area contributed by atoms with Gasteiger partial charge in [-0.3, -0.25) is 5.10 Å². The standard InChI is InChI=1S/C14H12ClN3O/c1-19-12-6-5-8(7-10(12)15)13-9-3-2-4-11(16)14(9)18-17-13/h2-7H,16H2,1H3,(H,17,18). The number of hydrogen-bond donors (Lipinski definition) is 2. The van der Waals surface area contributed by atoms with Gasteiger partial charge in [-0.1, -0.05) is 23.7 Å². The fraction of sp³-hybridized carbons (Fsp3) is 0.0714. The first-order chi connectivity index (χ1) is 9.20. The number of hydrogen-bond acceptors (Lipinski definition) is 3. The number of para-hydroxylation sites is 1. The van der Waals surface area contributed by atoms with E-state index in [9.17, 15) is 0 Å². The van der Waals surface area contributed by atoms with Crippen LogP contribution in [0.5, 0.6) is 5.75 Å². The van der Waals surface area contributed by atoms with Crippen LogP contribution in [-0.4, -0.2) is 17.3 Å². The van der Waals surface area contributed by atoms with E-state index in [1.807, 2.05) is 36.4 Å². The van der Waals surface area contributed by atoms with E-state index in [0.29, 0.717) is 16.5 Å². The molecule has 5 heteroatoms. The minimum Gasteiger partial charge on any atom is -0.495 e. The summed E-state index contributed by atoms with van der Waals surface area (Å²) < 4.78 is 5.14. The van der Waals surface area contributed by atoms with Gasteiger partial charge in [-0.15, -0.1) is 0 Å². The molecule has 1 heterocycles. The maximum absolute atomic E-state index is 6.14. The molecule has 2 aromatic carbocycles. The first kappa shape index (κ1) is 11.9. The summed E-state index contributed by atoms with van der Waals surface area (Å²) in [6, 6.07) is 11.3. The fourth-order valence-electron chi connectivity index (χ4n) is 2.10. The van der Waals surface area contributed by atoms with Crippen LogP contribution >= 0.6 is 11.6 Å². The Morgan fingerprint density at radius 3 is 2.84 bits per heavy atom.